The number of nitrogens with zero attached hydrogens (tertiary/aromatic N) is 1. The Bertz CT molecular complexity index is 1140. The molecule has 6 nitrogen and oxygen atoms in total. The van der Waals surface area contributed by atoms with E-state index in [2.05, 4.69) is 4.74 Å². The molecule has 0 bridgehead atoms. The third kappa shape index (κ3) is 4.65. The highest BCUT2D eigenvalue weighted by atomic mass is 32.2. The van der Waals surface area contributed by atoms with Crippen LogP contribution in [0.1, 0.15) is 12.0 Å². The lowest BCUT2D eigenvalue weighted by Gasteiger charge is -2.14. The fourth-order valence-corrected chi connectivity index (χ4v) is 4.40. The van der Waals surface area contributed by atoms with E-state index < -0.39 is 34.8 Å². The molecule has 3 rings (SSSR count). The number of hydrogen-bond donors (Lipinski definition) is 1. The number of rotatable bonds is 7. The van der Waals surface area contributed by atoms with E-state index in [4.69, 9.17) is 5.73 Å². The molecular weight excluding hydrogens is 421 g/mol. The summed E-state index contributed by atoms with van der Waals surface area (Å²) in [5.41, 5.74) is 7.03. The Morgan fingerprint density at radius 1 is 1.07 bits per heavy atom. The fourth-order valence-electron chi connectivity index (χ4n) is 3.03. The molecule has 0 aliphatic rings. The standard InChI is InChI=1S/C20H19F3N2O4S/c21-20(22,23)19(26)29-13-15(24)10-9-14-5-4-8-18-17(14)11-12-25(18)30(27,28)16-6-2-1-3-7-16/h1-8,11-12,15H,9-10,13,24H2. The molecule has 1 aromatic heterocycles. The van der Waals surface area contributed by atoms with Crippen molar-refractivity contribution in [3.63, 3.8) is 0 Å². The van der Waals surface area contributed by atoms with Crippen molar-refractivity contribution in [3.05, 3.63) is 66.4 Å². The van der Waals surface area contributed by atoms with Crippen molar-refractivity contribution >= 4 is 26.9 Å². The summed E-state index contributed by atoms with van der Waals surface area (Å²) in [6, 6.07) is 14.0. The zero-order valence-corrected chi connectivity index (χ0v) is 16.5. The molecule has 0 spiro atoms. The predicted molar refractivity (Wildman–Crippen MR) is 104 cm³/mol. The first-order valence-electron chi connectivity index (χ1n) is 9.00. The van der Waals surface area contributed by atoms with Crippen LogP contribution in [0.2, 0.25) is 0 Å². The van der Waals surface area contributed by atoms with Crippen LogP contribution in [-0.2, 0) is 26.0 Å². The van der Waals surface area contributed by atoms with Crippen LogP contribution in [0.3, 0.4) is 0 Å². The van der Waals surface area contributed by atoms with Gasteiger partial charge in [-0.25, -0.2) is 17.2 Å². The van der Waals surface area contributed by atoms with Crippen molar-refractivity contribution in [2.75, 3.05) is 6.61 Å². The fraction of sp³-hybridized carbons (Fsp3) is 0.250. The molecule has 30 heavy (non-hydrogen) atoms. The van der Waals surface area contributed by atoms with E-state index in [0.29, 0.717) is 17.3 Å². The second kappa shape index (κ2) is 8.49. The molecule has 0 aliphatic heterocycles. The SMILES string of the molecule is NC(CCc1cccc2c1ccn2S(=O)(=O)c1ccccc1)COC(=O)C(F)(F)F. The molecule has 0 saturated heterocycles. The van der Waals surface area contributed by atoms with Crippen LogP contribution in [-0.4, -0.2) is 37.2 Å². The molecule has 1 unspecified atom stereocenters. The molecule has 0 aliphatic carbocycles. The van der Waals surface area contributed by atoms with E-state index in [1.54, 1.807) is 42.5 Å². The van der Waals surface area contributed by atoms with Gasteiger partial charge in [-0.05, 0) is 42.7 Å². The number of alkyl halides is 3. The van der Waals surface area contributed by atoms with Crippen molar-refractivity contribution in [2.45, 2.75) is 30.0 Å². The summed E-state index contributed by atoms with van der Waals surface area (Å²) in [6.07, 6.45) is -2.97. The Morgan fingerprint density at radius 2 is 1.77 bits per heavy atom. The van der Waals surface area contributed by atoms with Crippen molar-refractivity contribution in [1.29, 1.82) is 0 Å². The minimum Gasteiger partial charge on any atom is -0.457 e. The zero-order chi connectivity index (χ0) is 21.9. The average molecular weight is 440 g/mol. The van der Waals surface area contributed by atoms with Gasteiger partial charge in [0.15, 0.2) is 0 Å². The predicted octanol–water partition coefficient (Wildman–Crippen LogP) is 3.24. The Kier molecular flexibility index (Phi) is 6.18. The minimum atomic E-state index is -5.06. The highest BCUT2D eigenvalue weighted by molar-refractivity contribution is 7.90. The second-order valence-corrected chi connectivity index (χ2v) is 8.49. The summed E-state index contributed by atoms with van der Waals surface area (Å²) >= 11 is 0. The van der Waals surface area contributed by atoms with Gasteiger partial charge in [0, 0.05) is 17.6 Å². The van der Waals surface area contributed by atoms with Gasteiger partial charge in [-0.2, -0.15) is 13.2 Å². The molecule has 0 radical (unpaired) electrons. The van der Waals surface area contributed by atoms with Crippen molar-refractivity contribution in [2.24, 2.45) is 5.73 Å². The van der Waals surface area contributed by atoms with Gasteiger partial charge in [0.05, 0.1) is 10.4 Å². The summed E-state index contributed by atoms with van der Waals surface area (Å²) < 4.78 is 67.7. The van der Waals surface area contributed by atoms with E-state index in [1.807, 2.05) is 0 Å². The molecule has 0 saturated carbocycles. The third-order valence-corrected chi connectivity index (χ3v) is 6.24. The summed E-state index contributed by atoms with van der Waals surface area (Å²) in [7, 11) is -3.77. The summed E-state index contributed by atoms with van der Waals surface area (Å²) in [6.45, 7) is -0.558. The molecule has 10 heteroatoms. The minimum absolute atomic E-state index is 0.154. The van der Waals surface area contributed by atoms with Crippen LogP contribution < -0.4 is 5.73 Å². The lowest BCUT2D eigenvalue weighted by molar-refractivity contribution is -0.200. The molecule has 2 N–H and O–H groups in total. The number of esters is 1. The molecule has 0 amide bonds. The first-order chi connectivity index (χ1) is 14.1. The number of nitrogens with two attached hydrogens (primary N) is 1. The van der Waals surface area contributed by atoms with E-state index in [0.717, 1.165) is 5.56 Å². The number of carbonyl (C=O) groups excluding carboxylic acids is 1. The molecule has 2 aromatic carbocycles. The normalized spacial score (nSPS) is 13.3. The number of ether oxygens (including phenoxy) is 1. The van der Waals surface area contributed by atoms with Crippen molar-refractivity contribution in [1.82, 2.24) is 3.97 Å². The van der Waals surface area contributed by atoms with E-state index in [-0.39, 0.29) is 11.3 Å². The highest BCUT2D eigenvalue weighted by Crippen LogP contribution is 2.26. The number of hydrogen-bond acceptors (Lipinski definition) is 5. The lowest BCUT2D eigenvalue weighted by Crippen LogP contribution is -2.33. The van der Waals surface area contributed by atoms with Crippen molar-refractivity contribution < 1.29 is 31.1 Å². The summed E-state index contributed by atoms with van der Waals surface area (Å²) in [4.78, 5) is 10.9. The van der Waals surface area contributed by atoms with Crippen molar-refractivity contribution in [3.8, 4) is 0 Å². The maximum atomic E-state index is 12.9. The molecule has 3 aromatic rings. The number of aromatic nitrogens is 1. The molecule has 1 heterocycles. The quantitative estimate of drug-likeness (QED) is 0.570. The smallest absolute Gasteiger partial charge is 0.457 e. The summed E-state index contributed by atoms with van der Waals surface area (Å²) in [5, 5.41) is 0.691. The van der Waals surface area contributed by atoms with Crippen LogP contribution in [0.5, 0.6) is 0 Å². The zero-order valence-electron chi connectivity index (χ0n) is 15.7. The van der Waals surface area contributed by atoms with Gasteiger partial charge in [-0.1, -0.05) is 30.3 Å². The van der Waals surface area contributed by atoms with Gasteiger partial charge in [0.2, 0.25) is 0 Å². The second-order valence-electron chi connectivity index (χ2n) is 6.67. The molecule has 0 fully saturated rings. The van der Waals surface area contributed by atoms with Gasteiger partial charge in [-0.15, -0.1) is 0 Å². The largest absolute Gasteiger partial charge is 0.490 e. The van der Waals surface area contributed by atoms with Gasteiger partial charge in [0.25, 0.3) is 10.0 Å². The van der Waals surface area contributed by atoms with Crippen LogP contribution in [0, 0.1) is 0 Å². The number of halogens is 3. The first kappa shape index (κ1) is 21.8. The van der Waals surface area contributed by atoms with E-state index in [1.165, 1.54) is 22.3 Å². The molecule has 1 atom stereocenters. The molecule has 160 valence electrons. The lowest BCUT2D eigenvalue weighted by atomic mass is 10.0. The number of benzene rings is 2. The average Bonchev–Trinajstić information content (AvgIpc) is 3.16. The van der Waals surface area contributed by atoms with Gasteiger partial charge in [0.1, 0.15) is 6.61 Å². The van der Waals surface area contributed by atoms with E-state index in [9.17, 15) is 26.4 Å². The highest BCUT2D eigenvalue weighted by Gasteiger charge is 2.41. The van der Waals surface area contributed by atoms with Gasteiger partial charge in [-0.3, -0.25) is 0 Å². The molecular formula is C20H19F3N2O4S. The van der Waals surface area contributed by atoms with Gasteiger partial charge < -0.3 is 10.5 Å². The Morgan fingerprint density at radius 3 is 2.43 bits per heavy atom. The first-order valence-corrected chi connectivity index (χ1v) is 10.4. The Balaban J connectivity index is 1.75. The summed E-state index contributed by atoms with van der Waals surface area (Å²) in [5.74, 6) is -2.27. The topological polar surface area (TPSA) is 91.4 Å². The maximum Gasteiger partial charge on any atom is 0.490 e. The number of fused-ring (bicyclic) bond motifs is 1. The monoisotopic (exact) mass is 440 g/mol. The van der Waals surface area contributed by atoms with Crippen LogP contribution in [0.15, 0.2) is 65.7 Å². The van der Waals surface area contributed by atoms with Crippen LogP contribution >= 0.6 is 0 Å². The van der Waals surface area contributed by atoms with Crippen LogP contribution in [0.4, 0.5) is 13.2 Å². The maximum absolute atomic E-state index is 12.9. The number of carbonyl (C=O) groups is 1. The van der Waals surface area contributed by atoms with E-state index >= 15 is 0 Å². The Labute approximate surface area is 171 Å². The third-order valence-electron chi connectivity index (χ3n) is 4.53. The number of aryl methyl sites for hydroxylation is 1. The van der Waals surface area contributed by atoms with Crippen LogP contribution in [0.25, 0.3) is 10.9 Å². The van der Waals surface area contributed by atoms with Gasteiger partial charge >= 0.3 is 12.1 Å². The Hall–Kier alpha value is -2.85.